The van der Waals surface area contributed by atoms with Crippen LogP contribution in [0.25, 0.3) is 5.69 Å². The van der Waals surface area contributed by atoms with Crippen molar-refractivity contribution in [2.75, 3.05) is 5.32 Å². The standard InChI is InChI=1S/C15H18N4O2/c1-9-13(10-7-12(20)8-10)18-19(14(9)17-15(16)21)11-5-3-2-4-6-11/h2-6,10,12,20H,7-8H2,1H3,(H3,16,17,21)/t10-,12+. The Morgan fingerprint density at radius 1 is 1.38 bits per heavy atom. The van der Waals surface area contributed by atoms with Crippen LogP contribution in [0, 0.1) is 6.92 Å². The van der Waals surface area contributed by atoms with Gasteiger partial charge in [0.05, 0.1) is 17.5 Å². The van der Waals surface area contributed by atoms with Crippen LogP contribution in [0.2, 0.25) is 0 Å². The lowest BCUT2D eigenvalue weighted by Crippen LogP contribution is -2.27. The number of carbonyl (C=O) groups is 1. The number of anilines is 1. The average molecular weight is 286 g/mol. The number of aromatic nitrogens is 2. The van der Waals surface area contributed by atoms with Gasteiger partial charge in [0, 0.05) is 11.5 Å². The number of rotatable bonds is 3. The number of urea groups is 1. The van der Waals surface area contributed by atoms with Crippen molar-refractivity contribution in [3.05, 3.63) is 41.6 Å². The molecule has 1 heterocycles. The lowest BCUT2D eigenvalue weighted by Gasteiger charge is -2.30. The van der Waals surface area contributed by atoms with Crippen molar-refractivity contribution in [3.63, 3.8) is 0 Å². The van der Waals surface area contributed by atoms with Gasteiger partial charge in [0.25, 0.3) is 0 Å². The molecule has 0 atom stereocenters. The van der Waals surface area contributed by atoms with E-state index in [1.165, 1.54) is 0 Å². The first-order valence-corrected chi connectivity index (χ1v) is 6.95. The van der Waals surface area contributed by atoms with Crippen LogP contribution in [0.5, 0.6) is 0 Å². The highest BCUT2D eigenvalue weighted by Crippen LogP contribution is 2.39. The van der Waals surface area contributed by atoms with Gasteiger partial charge >= 0.3 is 6.03 Å². The number of hydrogen-bond donors (Lipinski definition) is 3. The van der Waals surface area contributed by atoms with E-state index in [0.717, 1.165) is 16.9 Å². The fourth-order valence-corrected chi connectivity index (χ4v) is 2.73. The number of nitrogens with zero attached hydrogens (tertiary/aromatic N) is 2. The van der Waals surface area contributed by atoms with Crippen molar-refractivity contribution >= 4 is 11.8 Å². The Balaban J connectivity index is 2.05. The first-order valence-electron chi connectivity index (χ1n) is 6.95. The minimum atomic E-state index is -0.615. The van der Waals surface area contributed by atoms with Crippen molar-refractivity contribution < 1.29 is 9.90 Å². The molecule has 6 nitrogen and oxygen atoms in total. The minimum Gasteiger partial charge on any atom is -0.393 e. The first kappa shape index (κ1) is 13.6. The number of para-hydroxylation sites is 1. The van der Waals surface area contributed by atoms with Crippen LogP contribution in [0.4, 0.5) is 10.6 Å². The van der Waals surface area contributed by atoms with Crippen LogP contribution in [-0.2, 0) is 0 Å². The second-order valence-electron chi connectivity index (χ2n) is 5.42. The van der Waals surface area contributed by atoms with Gasteiger partial charge in [-0.05, 0) is 31.9 Å². The summed E-state index contributed by atoms with van der Waals surface area (Å²) in [5.74, 6) is 0.823. The van der Waals surface area contributed by atoms with Crippen LogP contribution in [0.1, 0.15) is 30.0 Å². The number of aliphatic hydroxyl groups is 1. The summed E-state index contributed by atoms with van der Waals surface area (Å²) in [5.41, 5.74) is 7.93. The molecule has 1 aromatic heterocycles. The number of nitrogens with one attached hydrogen (secondary N) is 1. The molecule has 6 heteroatoms. The first-order chi connectivity index (χ1) is 10.1. The van der Waals surface area contributed by atoms with Gasteiger partial charge in [0.1, 0.15) is 5.82 Å². The summed E-state index contributed by atoms with van der Waals surface area (Å²) in [7, 11) is 0. The molecule has 1 fully saturated rings. The molecule has 0 bridgehead atoms. The minimum absolute atomic E-state index is 0.235. The zero-order valence-corrected chi connectivity index (χ0v) is 11.8. The molecule has 1 saturated carbocycles. The predicted octanol–water partition coefficient (Wildman–Crippen LogP) is 1.91. The van der Waals surface area contributed by atoms with E-state index < -0.39 is 6.03 Å². The second-order valence-corrected chi connectivity index (χ2v) is 5.42. The second kappa shape index (κ2) is 5.21. The van der Waals surface area contributed by atoms with Gasteiger partial charge < -0.3 is 10.8 Å². The molecule has 2 aromatic rings. The van der Waals surface area contributed by atoms with E-state index in [-0.39, 0.29) is 12.0 Å². The Kier molecular flexibility index (Phi) is 3.39. The Labute approximate surface area is 122 Å². The highest BCUT2D eigenvalue weighted by molar-refractivity contribution is 5.88. The summed E-state index contributed by atoms with van der Waals surface area (Å²) in [6, 6.07) is 8.95. The van der Waals surface area contributed by atoms with Gasteiger partial charge in [-0.3, -0.25) is 5.32 Å². The lowest BCUT2D eigenvalue weighted by atomic mass is 9.79. The number of amides is 2. The zero-order valence-electron chi connectivity index (χ0n) is 11.8. The number of nitrogens with two attached hydrogens (primary N) is 1. The van der Waals surface area contributed by atoms with Crippen molar-refractivity contribution in [2.24, 2.45) is 5.73 Å². The third kappa shape index (κ3) is 2.50. The molecule has 0 radical (unpaired) electrons. The van der Waals surface area contributed by atoms with Crippen LogP contribution in [0.3, 0.4) is 0 Å². The topological polar surface area (TPSA) is 93.2 Å². The van der Waals surface area contributed by atoms with Crippen LogP contribution < -0.4 is 11.1 Å². The third-order valence-corrected chi connectivity index (χ3v) is 3.90. The highest BCUT2D eigenvalue weighted by Gasteiger charge is 2.33. The smallest absolute Gasteiger partial charge is 0.317 e. The van der Waals surface area contributed by atoms with Crippen LogP contribution in [-0.4, -0.2) is 27.0 Å². The molecule has 0 spiro atoms. The van der Waals surface area contributed by atoms with Gasteiger partial charge in [-0.1, -0.05) is 18.2 Å². The molecule has 1 aliphatic rings. The SMILES string of the molecule is Cc1c(NC(N)=O)n(-c2ccccc2)nc1[C@H]1C[C@@H](O)C1. The third-order valence-electron chi connectivity index (χ3n) is 3.90. The van der Waals surface area contributed by atoms with E-state index in [1.54, 1.807) is 4.68 Å². The summed E-state index contributed by atoms with van der Waals surface area (Å²) < 4.78 is 1.69. The van der Waals surface area contributed by atoms with Crippen molar-refractivity contribution in [1.82, 2.24) is 9.78 Å². The molecule has 2 amide bonds. The fraction of sp³-hybridized carbons (Fsp3) is 0.333. The number of aliphatic hydroxyl groups excluding tert-OH is 1. The zero-order chi connectivity index (χ0) is 15.0. The highest BCUT2D eigenvalue weighted by atomic mass is 16.3. The molecular weight excluding hydrogens is 268 g/mol. The molecule has 0 unspecified atom stereocenters. The normalized spacial score (nSPS) is 20.9. The molecule has 0 saturated heterocycles. The quantitative estimate of drug-likeness (QED) is 0.804. The largest absolute Gasteiger partial charge is 0.393 e. The van der Waals surface area contributed by atoms with Gasteiger partial charge in [-0.25, -0.2) is 9.48 Å². The lowest BCUT2D eigenvalue weighted by molar-refractivity contribution is 0.0729. The van der Waals surface area contributed by atoms with Gasteiger partial charge in [0.15, 0.2) is 0 Å². The van der Waals surface area contributed by atoms with E-state index in [2.05, 4.69) is 10.4 Å². The van der Waals surface area contributed by atoms with Gasteiger partial charge in [-0.2, -0.15) is 5.10 Å². The van der Waals surface area contributed by atoms with Gasteiger partial charge in [-0.15, -0.1) is 0 Å². The van der Waals surface area contributed by atoms with E-state index in [1.807, 2.05) is 37.3 Å². The van der Waals surface area contributed by atoms with E-state index >= 15 is 0 Å². The Bertz CT molecular complexity index is 660. The van der Waals surface area contributed by atoms with Crippen molar-refractivity contribution in [2.45, 2.75) is 31.8 Å². The number of hydrogen-bond acceptors (Lipinski definition) is 3. The Hall–Kier alpha value is -2.34. The number of benzene rings is 1. The molecule has 110 valence electrons. The van der Waals surface area contributed by atoms with Crippen molar-refractivity contribution in [1.29, 1.82) is 0 Å². The van der Waals surface area contributed by atoms with Crippen LogP contribution in [0.15, 0.2) is 30.3 Å². The van der Waals surface area contributed by atoms with E-state index in [0.29, 0.717) is 18.7 Å². The summed E-state index contributed by atoms with van der Waals surface area (Å²) in [6.07, 6.45) is 1.18. The summed E-state index contributed by atoms with van der Waals surface area (Å²) in [4.78, 5) is 11.2. The Morgan fingerprint density at radius 2 is 2.05 bits per heavy atom. The molecule has 21 heavy (non-hydrogen) atoms. The molecule has 4 N–H and O–H groups in total. The predicted molar refractivity (Wildman–Crippen MR) is 79.5 cm³/mol. The van der Waals surface area contributed by atoms with Gasteiger partial charge in [0.2, 0.25) is 0 Å². The maximum atomic E-state index is 11.2. The maximum Gasteiger partial charge on any atom is 0.317 e. The van der Waals surface area contributed by atoms with E-state index in [9.17, 15) is 9.90 Å². The Morgan fingerprint density at radius 3 is 2.62 bits per heavy atom. The maximum absolute atomic E-state index is 11.2. The molecule has 3 rings (SSSR count). The van der Waals surface area contributed by atoms with Crippen molar-refractivity contribution in [3.8, 4) is 5.69 Å². The number of carbonyl (C=O) groups excluding carboxylic acids is 1. The summed E-state index contributed by atoms with van der Waals surface area (Å²) in [6.45, 7) is 1.91. The number of primary amides is 1. The molecule has 1 aliphatic carbocycles. The molecular formula is C15H18N4O2. The monoisotopic (exact) mass is 286 g/mol. The molecule has 0 aliphatic heterocycles. The van der Waals surface area contributed by atoms with E-state index in [4.69, 9.17) is 5.73 Å². The average Bonchev–Trinajstić information content (AvgIpc) is 2.73. The summed E-state index contributed by atoms with van der Waals surface area (Å²) >= 11 is 0. The molecule has 1 aromatic carbocycles. The summed E-state index contributed by atoms with van der Waals surface area (Å²) in [5, 5.41) is 16.8. The fourth-order valence-electron chi connectivity index (χ4n) is 2.73. The van der Waals surface area contributed by atoms with Crippen LogP contribution >= 0.6 is 0 Å².